The number of halogens is 1. The predicted molar refractivity (Wildman–Crippen MR) is 78.2 cm³/mol. The van der Waals surface area contributed by atoms with Crippen LogP contribution in [-0.2, 0) is 10.0 Å². The van der Waals surface area contributed by atoms with Crippen LogP contribution in [-0.4, -0.2) is 36.9 Å². The lowest BCUT2D eigenvalue weighted by molar-refractivity contribution is 0.0695. The number of carbonyl (C=O) groups is 1. The largest absolute Gasteiger partial charge is 0.478 e. The normalized spacial score (nSPS) is 17.3. The van der Waals surface area contributed by atoms with Crippen LogP contribution in [0.4, 0.5) is 0 Å². The van der Waals surface area contributed by atoms with Crippen molar-refractivity contribution in [1.82, 2.24) is 4.31 Å². The van der Waals surface area contributed by atoms with E-state index in [4.69, 9.17) is 10.4 Å². The first-order valence-corrected chi connectivity index (χ1v) is 8.52. The van der Waals surface area contributed by atoms with Crippen molar-refractivity contribution in [2.45, 2.75) is 17.7 Å². The molecule has 1 heterocycles. The third kappa shape index (κ3) is 3.26. The van der Waals surface area contributed by atoms with Crippen molar-refractivity contribution in [3.8, 4) is 6.07 Å². The summed E-state index contributed by atoms with van der Waals surface area (Å²) in [7, 11) is -3.66. The van der Waals surface area contributed by atoms with Gasteiger partial charge in [-0.25, -0.2) is 13.2 Å². The van der Waals surface area contributed by atoms with E-state index in [-0.39, 0.29) is 20.8 Å². The molecule has 0 spiro atoms. The number of carboxylic acids is 1. The molecule has 21 heavy (non-hydrogen) atoms. The molecule has 0 saturated carbocycles. The van der Waals surface area contributed by atoms with Gasteiger partial charge in [0, 0.05) is 23.5 Å². The smallest absolute Gasteiger partial charge is 0.336 e. The van der Waals surface area contributed by atoms with E-state index >= 15 is 0 Å². The molecule has 0 radical (unpaired) electrons. The van der Waals surface area contributed by atoms with E-state index in [0.29, 0.717) is 25.9 Å². The molecule has 6 nitrogen and oxygen atoms in total. The minimum Gasteiger partial charge on any atom is -0.478 e. The number of nitrogens with zero attached hydrogens (tertiary/aromatic N) is 2. The lowest BCUT2D eigenvalue weighted by Crippen LogP contribution is -2.38. The van der Waals surface area contributed by atoms with Crippen molar-refractivity contribution in [3.05, 3.63) is 28.2 Å². The standard InChI is InChI=1S/C13H13BrN2O4S/c14-12-7-10(1-2-11(12)13(17)18)21(19,20)16-5-3-9(8-15)4-6-16/h1-2,7,9H,3-6H2,(H,17,18). The van der Waals surface area contributed by atoms with Crippen molar-refractivity contribution >= 4 is 31.9 Å². The highest BCUT2D eigenvalue weighted by Gasteiger charge is 2.29. The Morgan fingerprint density at radius 3 is 2.48 bits per heavy atom. The number of aromatic carboxylic acids is 1. The minimum absolute atomic E-state index is 0.0112. The van der Waals surface area contributed by atoms with Crippen molar-refractivity contribution in [2.24, 2.45) is 5.92 Å². The number of sulfonamides is 1. The maximum Gasteiger partial charge on any atom is 0.336 e. The molecule has 1 aromatic carbocycles. The summed E-state index contributed by atoms with van der Waals surface area (Å²) in [4.78, 5) is 11.0. The minimum atomic E-state index is -3.66. The van der Waals surface area contributed by atoms with E-state index in [9.17, 15) is 13.2 Å². The van der Waals surface area contributed by atoms with Crippen LogP contribution in [0.5, 0.6) is 0 Å². The summed E-state index contributed by atoms with van der Waals surface area (Å²) < 4.78 is 26.5. The Balaban J connectivity index is 2.27. The Bertz CT molecular complexity index is 703. The molecular weight excluding hydrogens is 360 g/mol. The van der Waals surface area contributed by atoms with Gasteiger partial charge >= 0.3 is 5.97 Å². The zero-order valence-electron chi connectivity index (χ0n) is 11.0. The van der Waals surface area contributed by atoms with Gasteiger partial charge in [-0.1, -0.05) is 0 Å². The molecule has 0 atom stereocenters. The summed E-state index contributed by atoms with van der Waals surface area (Å²) in [6.45, 7) is 0.609. The summed E-state index contributed by atoms with van der Waals surface area (Å²) >= 11 is 3.08. The van der Waals surface area contributed by atoms with Gasteiger partial charge in [0.1, 0.15) is 0 Å². The molecule has 8 heteroatoms. The van der Waals surface area contributed by atoms with Crippen LogP contribution in [0.2, 0.25) is 0 Å². The number of piperidine rings is 1. The highest BCUT2D eigenvalue weighted by molar-refractivity contribution is 9.10. The van der Waals surface area contributed by atoms with Crippen molar-refractivity contribution < 1.29 is 18.3 Å². The highest BCUT2D eigenvalue weighted by Crippen LogP contribution is 2.26. The number of hydrogen-bond donors (Lipinski definition) is 1. The Labute approximate surface area is 131 Å². The van der Waals surface area contributed by atoms with Crippen LogP contribution < -0.4 is 0 Å². The van der Waals surface area contributed by atoms with E-state index in [1.165, 1.54) is 22.5 Å². The van der Waals surface area contributed by atoms with Gasteiger partial charge in [-0.2, -0.15) is 9.57 Å². The Kier molecular flexibility index (Phi) is 4.66. The van der Waals surface area contributed by atoms with Gasteiger partial charge in [-0.3, -0.25) is 0 Å². The average Bonchev–Trinajstić information content (AvgIpc) is 2.46. The van der Waals surface area contributed by atoms with Gasteiger partial charge in [-0.15, -0.1) is 0 Å². The number of benzene rings is 1. The quantitative estimate of drug-likeness (QED) is 0.875. The third-order valence-corrected chi connectivity index (χ3v) is 6.00. The monoisotopic (exact) mass is 372 g/mol. The SMILES string of the molecule is N#CC1CCN(S(=O)(=O)c2ccc(C(=O)O)c(Br)c2)CC1. The fraction of sp³-hybridized carbons (Fsp3) is 0.385. The average molecular weight is 373 g/mol. The summed E-state index contributed by atoms with van der Waals surface area (Å²) in [5.41, 5.74) is 0.0112. The second-order valence-corrected chi connectivity index (χ2v) is 7.55. The first-order chi connectivity index (χ1) is 9.86. The Hall–Kier alpha value is -1.43. The van der Waals surface area contributed by atoms with Crippen molar-refractivity contribution in [2.75, 3.05) is 13.1 Å². The molecule has 112 valence electrons. The number of carboxylic acid groups (broad SMARTS) is 1. The summed E-state index contributed by atoms with van der Waals surface area (Å²) in [6.07, 6.45) is 1.04. The van der Waals surface area contributed by atoms with E-state index in [1.54, 1.807) is 0 Å². The number of hydrogen-bond acceptors (Lipinski definition) is 4. The zero-order valence-corrected chi connectivity index (χ0v) is 13.4. The third-order valence-electron chi connectivity index (χ3n) is 3.45. The molecular formula is C13H13BrN2O4S. The van der Waals surface area contributed by atoms with Gasteiger partial charge in [0.25, 0.3) is 0 Å². The van der Waals surface area contributed by atoms with E-state index in [1.807, 2.05) is 0 Å². The van der Waals surface area contributed by atoms with Crippen LogP contribution in [0, 0.1) is 17.2 Å². The van der Waals surface area contributed by atoms with Gasteiger partial charge in [0.15, 0.2) is 0 Å². The highest BCUT2D eigenvalue weighted by atomic mass is 79.9. The van der Waals surface area contributed by atoms with Crippen LogP contribution in [0.25, 0.3) is 0 Å². The molecule has 0 bridgehead atoms. The van der Waals surface area contributed by atoms with Gasteiger partial charge in [0.05, 0.1) is 16.5 Å². The maximum atomic E-state index is 12.5. The molecule has 2 rings (SSSR count). The van der Waals surface area contributed by atoms with Crippen LogP contribution in [0.1, 0.15) is 23.2 Å². The van der Waals surface area contributed by atoms with Gasteiger partial charge < -0.3 is 5.11 Å². The molecule has 1 aliphatic heterocycles. The molecule has 1 aromatic rings. The molecule has 0 unspecified atom stereocenters. The molecule has 0 aromatic heterocycles. The summed E-state index contributed by atoms with van der Waals surface area (Å²) in [6, 6.07) is 6.01. The molecule has 1 saturated heterocycles. The van der Waals surface area contributed by atoms with Crippen LogP contribution in [0.3, 0.4) is 0 Å². The zero-order chi connectivity index (χ0) is 15.6. The number of rotatable bonds is 3. The lowest BCUT2D eigenvalue weighted by Gasteiger charge is -2.28. The fourth-order valence-electron chi connectivity index (χ4n) is 2.20. The van der Waals surface area contributed by atoms with E-state index in [0.717, 1.165) is 0 Å². The summed E-state index contributed by atoms with van der Waals surface area (Å²) in [5.74, 6) is -1.22. The fourth-order valence-corrected chi connectivity index (χ4v) is 4.40. The predicted octanol–water partition coefficient (Wildman–Crippen LogP) is 2.07. The maximum absolute atomic E-state index is 12.5. The molecule has 1 fully saturated rings. The first kappa shape index (κ1) is 15.9. The topological polar surface area (TPSA) is 98.5 Å². The molecule has 1 aliphatic rings. The van der Waals surface area contributed by atoms with Gasteiger partial charge in [-0.05, 0) is 47.0 Å². The second-order valence-electron chi connectivity index (χ2n) is 4.75. The second kappa shape index (κ2) is 6.13. The molecule has 1 N–H and O–H groups in total. The summed E-state index contributed by atoms with van der Waals surface area (Å²) in [5, 5.41) is 17.8. The Morgan fingerprint density at radius 2 is 2.00 bits per heavy atom. The molecule has 0 aliphatic carbocycles. The Morgan fingerprint density at radius 1 is 1.38 bits per heavy atom. The van der Waals surface area contributed by atoms with Crippen molar-refractivity contribution in [1.29, 1.82) is 5.26 Å². The van der Waals surface area contributed by atoms with E-state index < -0.39 is 16.0 Å². The lowest BCUT2D eigenvalue weighted by atomic mass is 10.0. The van der Waals surface area contributed by atoms with Crippen LogP contribution in [0.15, 0.2) is 27.6 Å². The van der Waals surface area contributed by atoms with Crippen molar-refractivity contribution in [3.63, 3.8) is 0 Å². The van der Waals surface area contributed by atoms with Crippen LogP contribution >= 0.6 is 15.9 Å². The van der Waals surface area contributed by atoms with Gasteiger partial charge in [0.2, 0.25) is 10.0 Å². The number of nitriles is 1. The molecule has 0 amide bonds. The van der Waals surface area contributed by atoms with E-state index in [2.05, 4.69) is 22.0 Å². The first-order valence-electron chi connectivity index (χ1n) is 6.29.